The number of hydrogen-bond acceptors (Lipinski definition) is 5. The minimum atomic E-state index is -0.221. The van der Waals surface area contributed by atoms with Gasteiger partial charge in [-0.3, -0.25) is 4.99 Å². The summed E-state index contributed by atoms with van der Waals surface area (Å²) in [6.45, 7) is 10.0. The summed E-state index contributed by atoms with van der Waals surface area (Å²) in [6, 6.07) is 6.01. The van der Waals surface area contributed by atoms with Gasteiger partial charge < -0.3 is 10.1 Å². The van der Waals surface area contributed by atoms with Crippen molar-refractivity contribution >= 4 is 29.5 Å². The lowest BCUT2D eigenvalue weighted by Gasteiger charge is -2.17. The third kappa shape index (κ3) is 4.35. The minimum absolute atomic E-state index is 0.0181. The van der Waals surface area contributed by atoms with Gasteiger partial charge in [-0.05, 0) is 31.0 Å². The van der Waals surface area contributed by atoms with E-state index in [4.69, 9.17) is 16.3 Å². The third-order valence-corrected chi connectivity index (χ3v) is 4.95. The molecule has 26 heavy (non-hydrogen) atoms. The molecular weight excluding hydrogens is 368 g/mol. The Kier molecular flexibility index (Phi) is 6.27. The zero-order valence-corrected chi connectivity index (χ0v) is 17.4. The molecule has 2 aromatic rings. The SMILES string of the molecule is CN=CNC(C)c1cc(C)c(Oc2snc(C(C)(C)C)c2C#N)cc1Cl. The topological polar surface area (TPSA) is 70.3 Å². The Bertz CT molecular complexity index is 862. The van der Waals surface area contributed by atoms with Crippen LogP contribution < -0.4 is 10.1 Å². The van der Waals surface area contributed by atoms with E-state index in [1.807, 2.05) is 40.7 Å². The molecule has 7 heteroatoms. The molecule has 0 saturated carbocycles. The number of halogens is 1. The molecule has 1 aromatic heterocycles. The summed E-state index contributed by atoms with van der Waals surface area (Å²) >= 11 is 7.64. The van der Waals surface area contributed by atoms with Gasteiger partial charge >= 0.3 is 0 Å². The average molecular weight is 391 g/mol. The molecule has 1 aromatic carbocycles. The molecule has 0 fully saturated rings. The molecule has 1 N–H and O–H groups in total. The van der Waals surface area contributed by atoms with Crippen LogP contribution in [0, 0.1) is 18.3 Å². The monoisotopic (exact) mass is 390 g/mol. The molecule has 0 spiro atoms. The Hall–Kier alpha value is -2.10. The van der Waals surface area contributed by atoms with Gasteiger partial charge in [0.2, 0.25) is 5.06 Å². The summed E-state index contributed by atoms with van der Waals surface area (Å²) < 4.78 is 10.4. The number of ether oxygens (including phenoxy) is 1. The Morgan fingerprint density at radius 3 is 2.69 bits per heavy atom. The van der Waals surface area contributed by atoms with Crippen LogP contribution in [0.5, 0.6) is 10.8 Å². The van der Waals surface area contributed by atoms with E-state index in [9.17, 15) is 5.26 Å². The second-order valence-electron chi connectivity index (χ2n) is 7.07. The maximum absolute atomic E-state index is 9.54. The first-order chi connectivity index (χ1) is 12.2. The number of nitriles is 1. The predicted octanol–water partition coefficient (Wildman–Crippen LogP) is 5.38. The molecule has 1 unspecified atom stereocenters. The molecule has 1 heterocycles. The van der Waals surface area contributed by atoms with Crippen LogP contribution in [0.4, 0.5) is 0 Å². The van der Waals surface area contributed by atoms with E-state index in [2.05, 4.69) is 20.8 Å². The van der Waals surface area contributed by atoms with Crippen molar-refractivity contribution in [3.63, 3.8) is 0 Å². The molecule has 138 valence electrons. The van der Waals surface area contributed by atoms with Crippen LogP contribution in [0.15, 0.2) is 17.1 Å². The first-order valence-electron chi connectivity index (χ1n) is 8.23. The number of nitrogens with zero attached hydrogens (tertiary/aromatic N) is 3. The zero-order valence-electron chi connectivity index (χ0n) is 15.8. The van der Waals surface area contributed by atoms with E-state index < -0.39 is 0 Å². The van der Waals surface area contributed by atoms with Gasteiger partial charge in [-0.1, -0.05) is 32.4 Å². The van der Waals surface area contributed by atoms with Crippen molar-refractivity contribution in [1.29, 1.82) is 5.26 Å². The lowest BCUT2D eigenvalue weighted by atomic mass is 9.90. The predicted molar refractivity (Wildman–Crippen MR) is 108 cm³/mol. The van der Waals surface area contributed by atoms with Crippen molar-refractivity contribution in [3.05, 3.63) is 39.5 Å². The van der Waals surface area contributed by atoms with Crippen LogP contribution in [0.25, 0.3) is 0 Å². The lowest BCUT2D eigenvalue weighted by Crippen LogP contribution is -2.17. The number of aryl methyl sites for hydroxylation is 1. The van der Waals surface area contributed by atoms with Crippen molar-refractivity contribution in [2.45, 2.75) is 46.1 Å². The van der Waals surface area contributed by atoms with Crippen molar-refractivity contribution < 1.29 is 4.74 Å². The van der Waals surface area contributed by atoms with Crippen molar-refractivity contribution in [3.8, 4) is 16.9 Å². The maximum Gasteiger partial charge on any atom is 0.218 e. The van der Waals surface area contributed by atoms with Crippen LogP contribution in [0.3, 0.4) is 0 Å². The van der Waals surface area contributed by atoms with Gasteiger partial charge in [-0.25, -0.2) is 0 Å². The summed E-state index contributed by atoms with van der Waals surface area (Å²) in [7, 11) is 1.71. The second kappa shape index (κ2) is 8.07. The van der Waals surface area contributed by atoms with Gasteiger partial charge in [-0.15, -0.1) is 0 Å². The second-order valence-corrected chi connectivity index (χ2v) is 8.22. The average Bonchev–Trinajstić information content (AvgIpc) is 2.98. The number of rotatable bonds is 5. The first-order valence-corrected chi connectivity index (χ1v) is 9.39. The summed E-state index contributed by atoms with van der Waals surface area (Å²) in [5, 5.41) is 13.8. The lowest BCUT2D eigenvalue weighted by molar-refractivity contribution is 0.487. The number of benzene rings is 1. The highest BCUT2D eigenvalue weighted by Crippen LogP contribution is 2.39. The summed E-state index contributed by atoms with van der Waals surface area (Å²) in [5.41, 5.74) is 2.90. The Labute approximate surface area is 163 Å². The number of nitrogens with one attached hydrogen (secondary N) is 1. The molecule has 0 aliphatic carbocycles. The quantitative estimate of drug-likeness (QED) is 0.549. The Balaban J connectivity index is 2.36. The van der Waals surface area contributed by atoms with Crippen molar-refractivity contribution in [2.75, 3.05) is 7.05 Å². The summed E-state index contributed by atoms with van der Waals surface area (Å²) in [5.74, 6) is 0.621. The van der Waals surface area contributed by atoms with Gasteiger partial charge in [0.15, 0.2) is 0 Å². The van der Waals surface area contributed by atoms with Crippen LogP contribution >= 0.6 is 23.1 Å². The molecule has 0 amide bonds. The molecule has 0 aliphatic rings. The van der Waals surface area contributed by atoms with Crippen LogP contribution in [0.2, 0.25) is 5.02 Å². The van der Waals surface area contributed by atoms with E-state index >= 15 is 0 Å². The molecule has 0 saturated heterocycles. The number of hydrogen-bond donors (Lipinski definition) is 1. The van der Waals surface area contributed by atoms with Gasteiger partial charge in [0.1, 0.15) is 17.4 Å². The summed E-state index contributed by atoms with van der Waals surface area (Å²) in [4.78, 5) is 3.93. The summed E-state index contributed by atoms with van der Waals surface area (Å²) in [6.07, 6.45) is 1.64. The number of aromatic nitrogens is 1. The third-order valence-electron chi connectivity index (χ3n) is 3.90. The maximum atomic E-state index is 9.54. The van der Waals surface area contributed by atoms with E-state index in [-0.39, 0.29) is 11.5 Å². The molecule has 5 nitrogen and oxygen atoms in total. The molecular formula is C19H23ClN4OS. The highest BCUT2D eigenvalue weighted by molar-refractivity contribution is 7.08. The van der Waals surface area contributed by atoms with Crippen molar-refractivity contribution in [2.24, 2.45) is 4.99 Å². The molecule has 0 bridgehead atoms. The standard InChI is InChI=1S/C19H23ClN4OS/c1-11-7-13(12(2)23-10-22-6)15(20)8-16(11)25-18-14(9-21)17(24-26-18)19(3,4)5/h7-8,10,12H,1-6H3,(H,22,23). The van der Waals surface area contributed by atoms with E-state index in [0.29, 0.717) is 21.4 Å². The van der Waals surface area contributed by atoms with Crippen LogP contribution in [0.1, 0.15) is 56.1 Å². The molecule has 0 radical (unpaired) electrons. The highest BCUT2D eigenvalue weighted by atomic mass is 35.5. The Morgan fingerprint density at radius 2 is 2.12 bits per heavy atom. The van der Waals surface area contributed by atoms with Gasteiger partial charge in [0, 0.05) is 35.1 Å². The smallest absolute Gasteiger partial charge is 0.218 e. The van der Waals surface area contributed by atoms with Gasteiger partial charge in [0.05, 0.1) is 18.1 Å². The zero-order chi connectivity index (χ0) is 19.5. The first kappa shape index (κ1) is 20.2. The van der Waals surface area contributed by atoms with Crippen molar-refractivity contribution in [1.82, 2.24) is 9.69 Å². The van der Waals surface area contributed by atoms with Crippen LogP contribution in [-0.2, 0) is 5.41 Å². The normalized spacial score (nSPS) is 12.8. The van der Waals surface area contributed by atoms with E-state index in [1.165, 1.54) is 11.5 Å². The highest BCUT2D eigenvalue weighted by Gasteiger charge is 2.26. The Morgan fingerprint density at radius 1 is 1.42 bits per heavy atom. The van der Waals surface area contributed by atoms with E-state index in [1.54, 1.807) is 19.5 Å². The van der Waals surface area contributed by atoms with E-state index in [0.717, 1.165) is 16.8 Å². The van der Waals surface area contributed by atoms with Crippen LogP contribution in [-0.4, -0.2) is 17.8 Å². The van der Waals surface area contributed by atoms with Gasteiger partial charge in [0.25, 0.3) is 0 Å². The molecule has 2 rings (SSSR count). The molecule has 1 atom stereocenters. The fourth-order valence-electron chi connectivity index (χ4n) is 2.46. The minimum Gasteiger partial charge on any atom is -0.443 e. The fourth-order valence-corrected chi connectivity index (χ4v) is 3.68. The molecule has 0 aliphatic heterocycles. The largest absolute Gasteiger partial charge is 0.443 e. The van der Waals surface area contributed by atoms with Gasteiger partial charge in [-0.2, -0.15) is 9.64 Å². The fraction of sp³-hybridized carbons (Fsp3) is 0.421. The number of aliphatic imine (C=N–C) groups is 1.